The summed E-state index contributed by atoms with van der Waals surface area (Å²) in [4.78, 5) is 0. The Balaban J connectivity index is 2.42. The van der Waals surface area contributed by atoms with E-state index in [2.05, 4.69) is 38.1 Å². The molecule has 1 aromatic carbocycles. The summed E-state index contributed by atoms with van der Waals surface area (Å²) in [5.74, 6) is 0. The van der Waals surface area contributed by atoms with Crippen LogP contribution in [0.15, 0.2) is 18.2 Å². The molecule has 0 amide bonds. The Morgan fingerprint density at radius 1 is 1.21 bits per heavy atom. The molecule has 2 rings (SSSR count). The molecule has 1 aromatic rings. The maximum atomic E-state index is 9.20. The molecule has 0 radical (unpaired) electrons. The monoisotopic (exact) mass is 185 g/mol. The summed E-state index contributed by atoms with van der Waals surface area (Å²) in [6.45, 7) is 4.22. The minimum atomic E-state index is -0.154. The first kappa shape index (κ1) is 9.27. The summed E-state index contributed by atoms with van der Waals surface area (Å²) in [5, 5.41) is 9.20. The molecule has 1 aliphatic rings. The fraction of sp³-hybridized carbons (Fsp3) is 0.462. The summed E-state index contributed by atoms with van der Waals surface area (Å²) >= 11 is 0. The Morgan fingerprint density at radius 3 is 2.36 bits per heavy atom. The minimum absolute atomic E-state index is 0.154. The molecule has 1 heteroatoms. The molecule has 1 aliphatic carbocycles. The van der Waals surface area contributed by atoms with Gasteiger partial charge >= 0.3 is 0 Å². The minimum Gasteiger partial charge on any atom is -0.197 e. The first-order chi connectivity index (χ1) is 6.68. The maximum Gasteiger partial charge on any atom is 0.0822 e. The molecule has 0 N–H and O–H groups in total. The predicted molar refractivity (Wildman–Crippen MR) is 57.1 cm³/mol. The van der Waals surface area contributed by atoms with Crippen LogP contribution in [0.1, 0.15) is 36.0 Å². The van der Waals surface area contributed by atoms with Gasteiger partial charge < -0.3 is 0 Å². The number of hydrogen-bond donors (Lipinski definition) is 0. The number of nitriles is 1. The third-order valence-corrected chi connectivity index (χ3v) is 3.48. The van der Waals surface area contributed by atoms with Crippen LogP contribution in [0.4, 0.5) is 0 Å². The van der Waals surface area contributed by atoms with Crippen LogP contribution in [0.25, 0.3) is 0 Å². The van der Waals surface area contributed by atoms with Crippen LogP contribution < -0.4 is 0 Å². The van der Waals surface area contributed by atoms with Crippen molar-refractivity contribution in [1.82, 2.24) is 0 Å². The second-order valence-corrected chi connectivity index (χ2v) is 4.35. The lowest BCUT2D eigenvalue weighted by Gasteiger charge is -2.35. The van der Waals surface area contributed by atoms with E-state index in [1.165, 1.54) is 23.1 Å². The molecular formula is C13H15N. The van der Waals surface area contributed by atoms with Crippen molar-refractivity contribution >= 4 is 0 Å². The quantitative estimate of drug-likeness (QED) is 0.658. The molecule has 1 saturated carbocycles. The molecule has 72 valence electrons. The summed E-state index contributed by atoms with van der Waals surface area (Å²) < 4.78 is 0. The zero-order valence-corrected chi connectivity index (χ0v) is 8.80. The average molecular weight is 185 g/mol. The Kier molecular flexibility index (Phi) is 2.07. The predicted octanol–water partition coefficient (Wildman–Crippen LogP) is 3.25. The third kappa shape index (κ3) is 1.23. The summed E-state index contributed by atoms with van der Waals surface area (Å²) in [6.07, 6.45) is 3.26. The van der Waals surface area contributed by atoms with E-state index in [-0.39, 0.29) is 5.41 Å². The van der Waals surface area contributed by atoms with E-state index in [0.717, 1.165) is 12.8 Å². The van der Waals surface area contributed by atoms with Crippen LogP contribution in [-0.2, 0) is 5.41 Å². The Labute approximate surface area is 85.4 Å². The number of hydrogen-bond acceptors (Lipinski definition) is 1. The van der Waals surface area contributed by atoms with Crippen molar-refractivity contribution in [2.24, 2.45) is 0 Å². The number of rotatable bonds is 1. The van der Waals surface area contributed by atoms with Crippen LogP contribution in [0.3, 0.4) is 0 Å². The number of nitrogens with zero attached hydrogens (tertiary/aromatic N) is 1. The zero-order chi connectivity index (χ0) is 10.2. The molecule has 0 aromatic heterocycles. The summed E-state index contributed by atoms with van der Waals surface area (Å²) in [6, 6.07) is 8.90. The molecule has 0 unspecified atom stereocenters. The van der Waals surface area contributed by atoms with Crippen LogP contribution in [0.2, 0.25) is 0 Å². The van der Waals surface area contributed by atoms with E-state index in [1.807, 2.05) is 0 Å². The standard InChI is InChI=1S/C13H15N/c1-10-4-5-12(8-11(10)2)13(9-14)6-3-7-13/h4-5,8H,3,6-7H2,1-2H3. The molecular weight excluding hydrogens is 170 g/mol. The fourth-order valence-corrected chi connectivity index (χ4v) is 2.03. The maximum absolute atomic E-state index is 9.20. The smallest absolute Gasteiger partial charge is 0.0822 e. The Morgan fingerprint density at radius 2 is 1.93 bits per heavy atom. The lowest BCUT2D eigenvalue weighted by atomic mass is 9.65. The van der Waals surface area contributed by atoms with Crippen LogP contribution in [0, 0.1) is 25.2 Å². The van der Waals surface area contributed by atoms with Gasteiger partial charge in [0.25, 0.3) is 0 Å². The van der Waals surface area contributed by atoms with Gasteiger partial charge in [-0.15, -0.1) is 0 Å². The lowest BCUT2D eigenvalue weighted by Crippen LogP contribution is -2.32. The van der Waals surface area contributed by atoms with E-state index < -0.39 is 0 Å². The van der Waals surface area contributed by atoms with Gasteiger partial charge in [0.2, 0.25) is 0 Å². The van der Waals surface area contributed by atoms with Gasteiger partial charge in [-0.05, 0) is 49.8 Å². The zero-order valence-electron chi connectivity index (χ0n) is 8.80. The largest absolute Gasteiger partial charge is 0.197 e. The van der Waals surface area contributed by atoms with E-state index in [1.54, 1.807) is 0 Å². The molecule has 0 atom stereocenters. The van der Waals surface area contributed by atoms with Crippen molar-refractivity contribution < 1.29 is 0 Å². The molecule has 1 fully saturated rings. The highest BCUT2D eigenvalue weighted by Gasteiger charge is 2.38. The normalized spacial score (nSPS) is 18.4. The molecule has 14 heavy (non-hydrogen) atoms. The van der Waals surface area contributed by atoms with Crippen LogP contribution >= 0.6 is 0 Å². The van der Waals surface area contributed by atoms with Crippen molar-refractivity contribution in [2.45, 2.75) is 38.5 Å². The SMILES string of the molecule is Cc1ccc(C2(C#N)CCC2)cc1C. The van der Waals surface area contributed by atoms with Crippen molar-refractivity contribution in [3.63, 3.8) is 0 Å². The average Bonchev–Trinajstić information content (AvgIpc) is 2.10. The molecule has 0 aliphatic heterocycles. The molecule has 1 nitrogen and oxygen atoms in total. The third-order valence-electron chi connectivity index (χ3n) is 3.48. The van der Waals surface area contributed by atoms with Crippen LogP contribution in [0.5, 0.6) is 0 Å². The summed E-state index contributed by atoms with van der Waals surface area (Å²) in [7, 11) is 0. The van der Waals surface area contributed by atoms with Crippen molar-refractivity contribution in [3.05, 3.63) is 34.9 Å². The molecule has 0 spiro atoms. The number of aryl methyl sites for hydroxylation is 2. The first-order valence-electron chi connectivity index (χ1n) is 5.17. The second-order valence-electron chi connectivity index (χ2n) is 4.35. The molecule has 0 saturated heterocycles. The van der Waals surface area contributed by atoms with Gasteiger partial charge in [0, 0.05) is 0 Å². The van der Waals surface area contributed by atoms with Crippen molar-refractivity contribution in [3.8, 4) is 6.07 Å². The van der Waals surface area contributed by atoms with Gasteiger partial charge in [-0.2, -0.15) is 5.26 Å². The van der Waals surface area contributed by atoms with Gasteiger partial charge in [0.05, 0.1) is 11.5 Å². The fourth-order valence-electron chi connectivity index (χ4n) is 2.03. The van der Waals surface area contributed by atoms with Gasteiger partial charge in [-0.3, -0.25) is 0 Å². The first-order valence-corrected chi connectivity index (χ1v) is 5.17. The van der Waals surface area contributed by atoms with E-state index in [4.69, 9.17) is 0 Å². The summed E-state index contributed by atoms with van der Waals surface area (Å²) in [5.41, 5.74) is 3.66. The van der Waals surface area contributed by atoms with E-state index in [9.17, 15) is 5.26 Å². The highest BCUT2D eigenvalue weighted by Crippen LogP contribution is 2.43. The number of benzene rings is 1. The van der Waals surface area contributed by atoms with Crippen molar-refractivity contribution in [1.29, 1.82) is 5.26 Å². The second kappa shape index (κ2) is 3.13. The van der Waals surface area contributed by atoms with Gasteiger partial charge in [-0.1, -0.05) is 18.2 Å². The highest BCUT2D eigenvalue weighted by atomic mass is 14.4. The Hall–Kier alpha value is -1.29. The van der Waals surface area contributed by atoms with Gasteiger partial charge in [0.15, 0.2) is 0 Å². The van der Waals surface area contributed by atoms with Crippen molar-refractivity contribution in [2.75, 3.05) is 0 Å². The molecule has 0 heterocycles. The van der Waals surface area contributed by atoms with Gasteiger partial charge in [0.1, 0.15) is 0 Å². The topological polar surface area (TPSA) is 23.8 Å². The lowest BCUT2D eigenvalue weighted by molar-refractivity contribution is 0.324. The highest BCUT2D eigenvalue weighted by molar-refractivity contribution is 5.40. The Bertz CT molecular complexity index is 394. The van der Waals surface area contributed by atoms with Gasteiger partial charge in [-0.25, -0.2) is 0 Å². The van der Waals surface area contributed by atoms with Crippen LogP contribution in [-0.4, -0.2) is 0 Å². The van der Waals surface area contributed by atoms with E-state index in [0.29, 0.717) is 0 Å². The molecule has 0 bridgehead atoms. The van der Waals surface area contributed by atoms with E-state index >= 15 is 0 Å².